The molecule has 0 unspecified atom stereocenters. The molecule has 1 heteroatoms. The molecule has 0 amide bonds. The summed E-state index contributed by atoms with van der Waals surface area (Å²) in [6.07, 6.45) is 5.49. The lowest BCUT2D eigenvalue weighted by Crippen LogP contribution is -1.75. The fourth-order valence-electron chi connectivity index (χ4n) is 0.729. The Morgan fingerprint density at radius 2 is 2.36 bits per heavy atom. The molecular formula is C10H11N. The molecular weight excluding hydrogens is 134 g/mol. The van der Waals surface area contributed by atoms with Gasteiger partial charge < -0.3 is 0 Å². The standard InChI is InChI=1S/C10H11N/c1-8(2)10-5-4-9(3)6-11-7-10/h5-7H,1H2,2-3H3. The summed E-state index contributed by atoms with van der Waals surface area (Å²) in [5.41, 5.74) is 6.19. The first-order valence-corrected chi connectivity index (χ1v) is 3.52. The van der Waals surface area contributed by atoms with Crippen LogP contribution in [-0.4, -0.2) is 6.21 Å². The lowest BCUT2D eigenvalue weighted by molar-refractivity contribution is 1.41. The van der Waals surface area contributed by atoms with E-state index in [0.29, 0.717) is 0 Å². The molecule has 0 fully saturated rings. The summed E-state index contributed by atoms with van der Waals surface area (Å²) < 4.78 is 0. The zero-order valence-electron chi connectivity index (χ0n) is 6.89. The molecule has 0 aliphatic carbocycles. The van der Waals surface area contributed by atoms with Crippen LogP contribution in [-0.2, 0) is 0 Å². The Hall–Kier alpha value is -1.33. The average molecular weight is 145 g/mol. The van der Waals surface area contributed by atoms with Gasteiger partial charge in [0.25, 0.3) is 0 Å². The Morgan fingerprint density at radius 1 is 1.64 bits per heavy atom. The first-order chi connectivity index (χ1) is 5.20. The van der Waals surface area contributed by atoms with Gasteiger partial charge in [-0.1, -0.05) is 6.58 Å². The zero-order valence-corrected chi connectivity index (χ0v) is 6.89. The molecule has 1 rings (SSSR count). The molecule has 0 aromatic heterocycles. The molecule has 0 N–H and O–H groups in total. The van der Waals surface area contributed by atoms with Crippen LogP contribution in [0.4, 0.5) is 0 Å². The normalized spacial score (nSPS) is 15.5. The second kappa shape index (κ2) is 3.18. The summed E-state index contributed by atoms with van der Waals surface area (Å²) >= 11 is 0. The van der Waals surface area contributed by atoms with E-state index in [0.717, 1.165) is 16.7 Å². The van der Waals surface area contributed by atoms with Gasteiger partial charge in [0, 0.05) is 23.6 Å². The lowest BCUT2D eigenvalue weighted by Gasteiger charge is -1.93. The summed E-state index contributed by atoms with van der Waals surface area (Å²) in [4.78, 5) is 4.08. The third-order valence-electron chi connectivity index (χ3n) is 1.43. The third-order valence-corrected chi connectivity index (χ3v) is 1.43. The first kappa shape index (κ1) is 7.77. The maximum atomic E-state index is 4.08. The Morgan fingerprint density at radius 3 is 3.00 bits per heavy atom. The van der Waals surface area contributed by atoms with Crippen molar-refractivity contribution in [1.82, 2.24) is 0 Å². The summed E-state index contributed by atoms with van der Waals surface area (Å²) in [6.45, 7) is 7.75. The van der Waals surface area contributed by atoms with E-state index in [4.69, 9.17) is 0 Å². The van der Waals surface area contributed by atoms with E-state index in [-0.39, 0.29) is 0 Å². The summed E-state index contributed by atoms with van der Waals surface area (Å²) in [6, 6.07) is 0. The Bertz CT molecular complexity index is 297. The van der Waals surface area contributed by atoms with Gasteiger partial charge in [0.2, 0.25) is 0 Å². The highest BCUT2D eigenvalue weighted by Crippen LogP contribution is 2.09. The summed E-state index contributed by atoms with van der Waals surface area (Å²) in [5.74, 6) is 0. The largest absolute Gasteiger partial charge is 0.263 e. The van der Waals surface area contributed by atoms with E-state index in [1.807, 2.05) is 19.9 Å². The van der Waals surface area contributed by atoms with E-state index >= 15 is 0 Å². The molecule has 1 nitrogen and oxygen atoms in total. The SMILES string of the molecule is C=C(C)C1=CN=CC(C)=C=C1. The Balaban J connectivity index is 3.03. The number of hydrogen-bond acceptors (Lipinski definition) is 1. The molecule has 1 heterocycles. The molecule has 0 spiro atoms. The summed E-state index contributed by atoms with van der Waals surface area (Å²) in [5, 5.41) is 0. The van der Waals surface area contributed by atoms with Crippen LogP contribution in [0.5, 0.6) is 0 Å². The van der Waals surface area contributed by atoms with Crippen LogP contribution in [0.15, 0.2) is 46.3 Å². The minimum atomic E-state index is 1.02. The summed E-state index contributed by atoms with van der Waals surface area (Å²) in [7, 11) is 0. The lowest BCUT2D eigenvalue weighted by atomic mass is 10.1. The second-order valence-electron chi connectivity index (χ2n) is 2.61. The van der Waals surface area contributed by atoms with Crippen molar-refractivity contribution < 1.29 is 0 Å². The molecule has 0 aromatic carbocycles. The van der Waals surface area contributed by atoms with Crippen LogP contribution in [0.1, 0.15) is 13.8 Å². The van der Waals surface area contributed by atoms with Crippen LogP contribution in [0.25, 0.3) is 0 Å². The second-order valence-corrected chi connectivity index (χ2v) is 2.61. The van der Waals surface area contributed by atoms with Gasteiger partial charge >= 0.3 is 0 Å². The predicted octanol–water partition coefficient (Wildman–Crippen LogP) is 2.63. The van der Waals surface area contributed by atoms with Crippen LogP contribution in [0, 0.1) is 0 Å². The molecule has 0 saturated carbocycles. The number of hydrogen-bond donors (Lipinski definition) is 0. The van der Waals surface area contributed by atoms with Gasteiger partial charge in [-0.2, -0.15) is 0 Å². The first-order valence-electron chi connectivity index (χ1n) is 3.52. The van der Waals surface area contributed by atoms with Gasteiger partial charge in [-0.3, -0.25) is 4.99 Å². The van der Waals surface area contributed by atoms with E-state index in [1.165, 1.54) is 0 Å². The number of rotatable bonds is 1. The molecule has 0 saturated heterocycles. The number of allylic oxidation sites excluding steroid dienone is 3. The predicted molar refractivity (Wildman–Crippen MR) is 48.7 cm³/mol. The molecule has 0 atom stereocenters. The van der Waals surface area contributed by atoms with Gasteiger partial charge in [0.05, 0.1) is 0 Å². The maximum absolute atomic E-state index is 4.08. The quantitative estimate of drug-likeness (QED) is 0.503. The van der Waals surface area contributed by atoms with E-state index in [9.17, 15) is 0 Å². The van der Waals surface area contributed by atoms with Crippen LogP contribution < -0.4 is 0 Å². The molecule has 0 aromatic rings. The monoisotopic (exact) mass is 145 g/mol. The molecule has 1 aliphatic heterocycles. The van der Waals surface area contributed by atoms with Crippen molar-refractivity contribution in [2.75, 3.05) is 0 Å². The van der Waals surface area contributed by atoms with Crippen LogP contribution in [0.2, 0.25) is 0 Å². The molecule has 1 aliphatic rings. The number of aliphatic imine (C=N–C) groups is 1. The van der Waals surface area contributed by atoms with Crippen molar-refractivity contribution in [3.05, 3.63) is 41.3 Å². The fourth-order valence-corrected chi connectivity index (χ4v) is 0.729. The van der Waals surface area contributed by atoms with E-state index < -0.39 is 0 Å². The van der Waals surface area contributed by atoms with Crippen molar-refractivity contribution in [1.29, 1.82) is 0 Å². The van der Waals surface area contributed by atoms with Gasteiger partial charge in [-0.15, -0.1) is 5.73 Å². The Kier molecular flexibility index (Phi) is 2.25. The number of nitrogens with zero attached hydrogens (tertiary/aromatic N) is 1. The van der Waals surface area contributed by atoms with E-state index in [2.05, 4.69) is 17.3 Å². The average Bonchev–Trinajstić information content (AvgIpc) is 2.13. The van der Waals surface area contributed by atoms with Crippen molar-refractivity contribution in [2.24, 2.45) is 4.99 Å². The minimum absolute atomic E-state index is 1.02. The highest BCUT2D eigenvalue weighted by Gasteiger charge is 1.93. The maximum Gasteiger partial charge on any atom is 0.0374 e. The smallest absolute Gasteiger partial charge is 0.0374 e. The molecule has 0 radical (unpaired) electrons. The third kappa shape index (κ3) is 2.06. The van der Waals surface area contributed by atoms with Gasteiger partial charge in [-0.25, -0.2) is 0 Å². The molecule has 0 bridgehead atoms. The molecule has 11 heavy (non-hydrogen) atoms. The van der Waals surface area contributed by atoms with Crippen LogP contribution >= 0.6 is 0 Å². The van der Waals surface area contributed by atoms with Crippen LogP contribution in [0.3, 0.4) is 0 Å². The fraction of sp³-hybridized carbons (Fsp3) is 0.200. The van der Waals surface area contributed by atoms with Crippen molar-refractivity contribution in [3.63, 3.8) is 0 Å². The Labute approximate surface area is 67.2 Å². The van der Waals surface area contributed by atoms with Gasteiger partial charge in [0.1, 0.15) is 0 Å². The van der Waals surface area contributed by atoms with Crippen molar-refractivity contribution >= 4 is 6.21 Å². The zero-order chi connectivity index (χ0) is 8.27. The topological polar surface area (TPSA) is 12.4 Å². The van der Waals surface area contributed by atoms with Crippen molar-refractivity contribution in [3.8, 4) is 0 Å². The van der Waals surface area contributed by atoms with Gasteiger partial charge in [-0.05, 0) is 25.5 Å². The minimum Gasteiger partial charge on any atom is -0.263 e. The highest BCUT2D eigenvalue weighted by atomic mass is 14.7. The van der Waals surface area contributed by atoms with E-state index in [1.54, 1.807) is 12.4 Å². The van der Waals surface area contributed by atoms with Crippen molar-refractivity contribution in [2.45, 2.75) is 13.8 Å². The van der Waals surface area contributed by atoms with Gasteiger partial charge in [0.15, 0.2) is 0 Å². The molecule has 56 valence electrons. The highest BCUT2D eigenvalue weighted by molar-refractivity contribution is 5.78.